The van der Waals surface area contributed by atoms with Crippen molar-refractivity contribution in [2.24, 2.45) is 5.92 Å². The average molecular weight is 393 g/mol. The molecule has 2 aromatic rings. The van der Waals surface area contributed by atoms with Gasteiger partial charge < -0.3 is 19.9 Å². The minimum atomic E-state index is -0.173. The zero-order valence-electron chi connectivity index (χ0n) is 16.8. The fraction of sp³-hybridized carbons (Fsp3) is 0.391. The molecule has 29 heavy (non-hydrogen) atoms. The predicted octanol–water partition coefficient (Wildman–Crippen LogP) is 2.83. The van der Waals surface area contributed by atoms with Gasteiger partial charge in [-0.1, -0.05) is 24.3 Å². The van der Waals surface area contributed by atoms with Gasteiger partial charge in [0.25, 0.3) is 5.91 Å². The molecule has 0 bridgehead atoms. The van der Waals surface area contributed by atoms with Crippen LogP contribution in [0.15, 0.2) is 48.5 Å². The Balaban J connectivity index is 1.39. The molecule has 6 nitrogen and oxygen atoms in total. The highest BCUT2D eigenvalue weighted by Gasteiger charge is 2.33. The molecule has 0 atom stereocenters. The van der Waals surface area contributed by atoms with Crippen molar-refractivity contribution in [1.82, 2.24) is 5.32 Å². The van der Waals surface area contributed by atoms with Crippen molar-refractivity contribution >= 4 is 23.2 Å². The normalized spacial score (nSPS) is 16.4. The number of ether oxygens (including phenoxy) is 1. The largest absolute Gasteiger partial charge is 0.378 e. The summed E-state index contributed by atoms with van der Waals surface area (Å²) >= 11 is 0. The third-order valence-corrected chi connectivity index (χ3v) is 5.53. The number of hydrogen-bond donors (Lipinski definition) is 1. The lowest BCUT2D eigenvalue weighted by atomic mass is 10.1. The van der Waals surface area contributed by atoms with Crippen molar-refractivity contribution in [2.45, 2.75) is 19.4 Å². The van der Waals surface area contributed by atoms with Gasteiger partial charge in [0.05, 0.1) is 24.5 Å². The first-order valence-electron chi connectivity index (χ1n) is 10.2. The molecule has 0 unspecified atom stereocenters. The molecule has 0 aromatic heterocycles. The Kier molecular flexibility index (Phi) is 5.81. The van der Waals surface area contributed by atoms with Gasteiger partial charge in [0.2, 0.25) is 5.91 Å². The number of para-hydroxylation sites is 1. The fourth-order valence-corrected chi connectivity index (χ4v) is 3.60. The Morgan fingerprint density at radius 2 is 1.76 bits per heavy atom. The molecule has 1 saturated heterocycles. The van der Waals surface area contributed by atoms with E-state index in [4.69, 9.17) is 4.74 Å². The minimum absolute atomic E-state index is 0.0870. The predicted molar refractivity (Wildman–Crippen MR) is 113 cm³/mol. The van der Waals surface area contributed by atoms with Crippen molar-refractivity contribution in [1.29, 1.82) is 0 Å². The summed E-state index contributed by atoms with van der Waals surface area (Å²) in [5.74, 6) is 0.0263. The molecular formula is C23H27N3O3. The smallest absolute Gasteiger partial charge is 0.253 e. The number of anilines is 2. The molecular weight excluding hydrogens is 366 g/mol. The zero-order chi connectivity index (χ0) is 20.2. The lowest BCUT2D eigenvalue weighted by molar-refractivity contribution is -0.119. The Morgan fingerprint density at radius 1 is 1.07 bits per heavy atom. The van der Waals surface area contributed by atoms with Gasteiger partial charge in [-0.25, -0.2) is 0 Å². The topological polar surface area (TPSA) is 61.9 Å². The number of morpholine rings is 1. The van der Waals surface area contributed by atoms with E-state index in [1.807, 2.05) is 30.3 Å². The van der Waals surface area contributed by atoms with Crippen molar-refractivity contribution in [2.75, 3.05) is 43.2 Å². The Morgan fingerprint density at radius 3 is 2.45 bits per heavy atom. The van der Waals surface area contributed by atoms with Gasteiger partial charge in [-0.15, -0.1) is 0 Å². The lowest BCUT2D eigenvalue weighted by Gasteiger charge is -2.28. The number of hydrogen-bond acceptors (Lipinski definition) is 4. The van der Waals surface area contributed by atoms with Gasteiger partial charge >= 0.3 is 0 Å². The van der Waals surface area contributed by atoms with Crippen molar-refractivity contribution < 1.29 is 14.3 Å². The Bertz CT molecular complexity index is 871. The summed E-state index contributed by atoms with van der Waals surface area (Å²) in [7, 11) is 1.75. The SMILES string of the molecule is CN(C(=O)C1CC1)c1ccccc1C(=O)NCc1ccc(N2CCOCC2)cc1. The second kappa shape index (κ2) is 8.66. The number of nitrogens with one attached hydrogen (secondary N) is 1. The molecule has 1 aliphatic carbocycles. The van der Waals surface area contributed by atoms with Gasteiger partial charge in [0, 0.05) is 38.3 Å². The fourth-order valence-electron chi connectivity index (χ4n) is 3.60. The van der Waals surface area contributed by atoms with Crippen LogP contribution in [0.2, 0.25) is 0 Å². The molecule has 1 N–H and O–H groups in total. The minimum Gasteiger partial charge on any atom is -0.378 e. The van der Waals surface area contributed by atoms with Crippen LogP contribution in [0.1, 0.15) is 28.8 Å². The summed E-state index contributed by atoms with van der Waals surface area (Å²) in [5.41, 5.74) is 3.39. The number of amides is 2. The Labute approximate surface area is 171 Å². The van der Waals surface area contributed by atoms with Crippen LogP contribution in [0.4, 0.5) is 11.4 Å². The third kappa shape index (κ3) is 4.59. The first-order chi connectivity index (χ1) is 14.1. The van der Waals surface area contributed by atoms with E-state index in [9.17, 15) is 9.59 Å². The van der Waals surface area contributed by atoms with Gasteiger partial charge in [-0.05, 0) is 42.7 Å². The van der Waals surface area contributed by atoms with Gasteiger partial charge in [0.15, 0.2) is 0 Å². The summed E-state index contributed by atoms with van der Waals surface area (Å²) in [5, 5.41) is 2.98. The zero-order valence-corrected chi connectivity index (χ0v) is 16.8. The summed E-state index contributed by atoms with van der Waals surface area (Å²) in [6.07, 6.45) is 1.88. The van der Waals surface area contributed by atoms with E-state index in [-0.39, 0.29) is 17.7 Å². The van der Waals surface area contributed by atoms with E-state index >= 15 is 0 Å². The van der Waals surface area contributed by atoms with Crippen LogP contribution in [-0.2, 0) is 16.1 Å². The second-order valence-electron chi connectivity index (χ2n) is 7.64. The quantitative estimate of drug-likeness (QED) is 0.820. The molecule has 152 valence electrons. The van der Waals surface area contributed by atoms with Crippen LogP contribution in [0.25, 0.3) is 0 Å². The average Bonchev–Trinajstić information content (AvgIpc) is 3.63. The van der Waals surface area contributed by atoms with E-state index in [1.165, 1.54) is 5.69 Å². The lowest BCUT2D eigenvalue weighted by Crippen LogP contribution is -2.36. The highest BCUT2D eigenvalue weighted by atomic mass is 16.5. The van der Waals surface area contributed by atoms with Crippen LogP contribution in [0.3, 0.4) is 0 Å². The first kappa shape index (κ1) is 19.5. The van der Waals surface area contributed by atoms with Crippen LogP contribution in [0, 0.1) is 5.92 Å². The number of carbonyl (C=O) groups is 2. The molecule has 0 spiro atoms. The monoisotopic (exact) mass is 393 g/mol. The van der Waals surface area contributed by atoms with Crippen LogP contribution in [-0.4, -0.2) is 45.2 Å². The van der Waals surface area contributed by atoms with E-state index in [0.29, 0.717) is 17.8 Å². The van der Waals surface area contributed by atoms with Crippen LogP contribution in [0.5, 0.6) is 0 Å². The van der Waals surface area contributed by atoms with Gasteiger partial charge in [-0.2, -0.15) is 0 Å². The summed E-state index contributed by atoms with van der Waals surface area (Å²) in [4.78, 5) is 29.1. The molecule has 4 rings (SSSR count). The second-order valence-corrected chi connectivity index (χ2v) is 7.64. The summed E-state index contributed by atoms with van der Waals surface area (Å²) < 4.78 is 5.40. The van der Waals surface area contributed by atoms with E-state index < -0.39 is 0 Å². The highest BCUT2D eigenvalue weighted by molar-refractivity contribution is 6.05. The summed E-state index contributed by atoms with van der Waals surface area (Å²) in [6, 6.07) is 15.5. The molecule has 1 saturated carbocycles. The van der Waals surface area contributed by atoms with E-state index in [0.717, 1.165) is 44.7 Å². The number of carbonyl (C=O) groups excluding carboxylic acids is 2. The molecule has 2 aliphatic rings. The number of benzene rings is 2. The van der Waals surface area contributed by atoms with Crippen molar-refractivity contribution in [3.63, 3.8) is 0 Å². The molecule has 1 aliphatic heterocycles. The maximum atomic E-state index is 12.8. The van der Waals surface area contributed by atoms with Crippen LogP contribution >= 0.6 is 0 Å². The van der Waals surface area contributed by atoms with Gasteiger partial charge in [0.1, 0.15) is 0 Å². The van der Waals surface area contributed by atoms with E-state index in [2.05, 4.69) is 22.3 Å². The maximum Gasteiger partial charge on any atom is 0.253 e. The molecule has 2 aromatic carbocycles. The van der Waals surface area contributed by atoms with Crippen LogP contribution < -0.4 is 15.1 Å². The molecule has 2 fully saturated rings. The molecule has 2 amide bonds. The standard InChI is InChI=1S/C23H27N3O3/c1-25(23(28)18-8-9-18)21-5-3-2-4-20(21)22(27)24-16-17-6-10-19(11-7-17)26-12-14-29-15-13-26/h2-7,10-11,18H,8-9,12-16H2,1H3,(H,24,27). The van der Waals surface area contributed by atoms with E-state index in [1.54, 1.807) is 18.0 Å². The van der Waals surface area contributed by atoms with Crippen molar-refractivity contribution in [3.8, 4) is 0 Å². The number of rotatable bonds is 6. The Hall–Kier alpha value is -2.86. The first-order valence-corrected chi connectivity index (χ1v) is 10.2. The summed E-state index contributed by atoms with van der Waals surface area (Å²) in [6.45, 7) is 3.76. The highest BCUT2D eigenvalue weighted by Crippen LogP contribution is 2.33. The number of nitrogens with zero attached hydrogens (tertiary/aromatic N) is 2. The molecule has 1 heterocycles. The van der Waals surface area contributed by atoms with Gasteiger partial charge in [-0.3, -0.25) is 9.59 Å². The van der Waals surface area contributed by atoms with Crippen molar-refractivity contribution in [3.05, 3.63) is 59.7 Å². The molecule has 0 radical (unpaired) electrons. The maximum absolute atomic E-state index is 12.8. The molecule has 6 heteroatoms. The third-order valence-electron chi connectivity index (χ3n) is 5.53.